The normalized spacial score (nSPS) is 31.9. The topological polar surface area (TPSA) is 32.3 Å². The first-order chi connectivity index (χ1) is 8.26. The van der Waals surface area contributed by atoms with Crippen molar-refractivity contribution in [2.75, 3.05) is 13.1 Å². The fourth-order valence-electron chi connectivity index (χ4n) is 3.26. The summed E-state index contributed by atoms with van der Waals surface area (Å²) in [4.78, 5) is 14.2. The lowest BCUT2D eigenvalue weighted by atomic mass is 9.85. The minimum absolute atomic E-state index is 0.0583. The Bertz CT molecular complexity index is 276. The lowest BCUT2D eigenvalue weighted by molar-refractivity contribution is -0.132. The maximum absolute atomic E-state index is 12.3. The fraction of sp³-hybridized carbons (Fsp3) is 0.786. The van der Waals surface area contributed by atoms with Crippen LogP contribution in [0.25, 0.3) is 0 Å². The minimum Gasteiger partial charge on any atom is -0.338 e. The Balaban J connectivity index is 1.94. The molecular weight excluding hydrogens is 212 g/mol. The maximum atomic E-state index is 12.3. The summed E-state index contributed by atoms with van der Waals surface area (Å²) in [5, 5.41) is 3.54. The molecule has 0 spiro atoms. The second-order valence-electron chi connectivity index (χ2n) is 5.27. The highest BCUT2D eigenvalue weighted by atomic mass is 16.2. The molecule has 2 rings (SSSR count). The molecule has 1 heterocycles. The van der Waals surface area contributed by atoms with Crippen LogP contribution in [-0.4, -0.2) is 36.0 Å². The van der Waals surface area contributed by atoms with E-state index in [1.807, 2.05) is 17.9 Å². The van der Waals surface area contributed by atoms with Crippen LogP contribution in [0.1, 0.15) is 39.0 Å². The van der Waals surface area contributed by atoms with E-state index in [0.29, 0.717) is 12.6 Å². The van der Waals surface area contributed by atoms with E-state index >= 15 is 0 Å². The zero-order chi connectivity index (χ0) is 12.3. The van der Waals surface area contributed by atoms with Gasteiger partial charge in [-0.05, 0) is 32.1 Å². The maximum Gasteiger partial charge on any atom is 0.239 e. The molecule has 1 aliphatic carbocycles. The van der Waals surface area contributed by atoms with Gasteiger partial charge in [0, 0.05) is 19.1 Å². The average Bonchev–Trinajstić information content (AvgIpc) is 2.78. The Kier molecular flexibility index (Phi) is 4.21. The average molecular weight is 236 g/mol. The van der Waals surface area contributed by atoms with E-state index in [-0.39, 0.29) is 11.9 Å². The van der Waals surface area contributed by atoms with Crippen molar-refractivity contribution in [1.29, 1.82) is 0 Å². The molecule has 3 heteroatoms. The Hall–Kier alpha value is -0.830. The second kappa shape index (κ2) is 5.67. The van der Waals surface area contributed by atoms with Crippen LogP contribution < -0.4 is 5.32 Å². The van der Waals surface area contributed by atoms with Crippen molar-refractivity contribution in [2.24, 2.45) is 5.92 Å². The summed E-state index contributed by atoms with van der Waals surface area (Å²) in [7, 11) is 0. The van der Waals surface area contributed by atoms with Crippen LogP contribution in [0.2, 0.25) is 0 Å². The molecule has 1 saturated carbocycles. The van der Waals surface area contributed by atoms with Crippen LogP contribution in [0, 0.1) is 5.92 Å². The summed E-state index contributed by atoms with van der Waals surface area (Å²) >= 11 is 0. The van der Waals surface area contributed by atoms with Crippen LogP contribution in [-0.2, 0) is 4.79 Å². The van der Waals surface area contributed by atoms with Gasteiger partial charge in [-0.3, -0.25) is 4.79 Å². The number of nitrogens with zero attached hydrogens (tertiary/aromatic N) is 1. The van der Waals surface area contributed by atoms with Crippen LogP contribution >= 0.6 is 0 Å². The smallest absolute Gasteiger partial charge is 0.239 e. The first kappa shape index (κ1) is 12.6. The van der Waals surface area contributed by atoms with Crippen LogP contribution in [0.15, 0.2) is 12.7 Å². The van der Waals surface area contributed by atoms with Gasteiger partial charge in [-0.1, -0.05) is 18.9 Å². The van der Waals surface area contributed by atoms with Gasteiger partial charge in [0.25, 0.3) is 0 Å². The Morgan fingerprint density at radius 1 is 1.47 bits per heavy atom. The number of hydrogen-bond donors (Lipinski definition) is 1. The molecule has 0 aromatic heterocycles. The summed E-state index contributed by atoms with van der Waals surface area (Å²) in [5.41, 5.74) is 0. The zero-order valence-corrected chi connectivity index (χ0v) is 10.8. The molecule has 3 atom stereocenters. The van der Waals surface area contributed by atoms with Gasteiger partial charge in [-0.25, -0.2) is 0 Å². The van der Waals surface area contributed by atoms with Crippen molar-refractivity contribution in [2.45, 2.75) is 51.1 Å². The van der Waals surface area contributed by atoms with Gasteiger partial charge in [-0.2, -0.15) is 0 Å². The molecule has 3 unspecified atom stereocenters. The molecule has 17 heavy (non-hydrogen) atoms. The fourth-order valence-corrected chi connectivity index (χ4v) is 3.26. The molecule has 1 saturated heterocycles. The predicted molar refractivity (Wildman–Crippen MR) is 69.7 cm³/mol. The minimum atomic E-state index is 0.0583. The van der Waals surface area contributed by atoms with E-state index in [4.69, 9.17) is 0 Å². The number of carbonyl (C=O) groups excluding carboxylic acids is 1. The number of nitrogens with one attached hydrogen (secondary N) is 1. The zero-order valence-electron chi connectivity index (χ0n) is 10.8. The van der Waals surface area contributed by atoms with Gasteiger partial charge < -0.3 is 10.2 Å². The number of hydrogen-bond acceptors (Lipinski definition) is 2. The van der Waals surface area contributed by atoms with Gasteiger partial charge in [0.1, 0.15) is 0 Å². The largest absolute Gasteiger partial charge is 0.338 e. The third kappa shape index (κ3) is 2.71. The molecule has 0 radical (unpaired) electrons. The molecule has 0 aromatic rings. The molecule has 96 valence electrons. The third-order valence-electron chi connectivity index (χ3n) is 4.20. The SMILES string of the molecule is C=CCN(CC)C(=O)C1CC2CCCCC2N1. The third-order valence-corrected chi connectivity index (χ3v) is 4.20. The van der Waals surface area contributed by atoms with E-state index in [1.54, 1.807) is 0 Å². The van der Waals surface area contributed by atoms with E-state index in [1.165, 1.54) is 25.7 Å². The molecular formula is C14H24N2O. The Labute approximate surface area is 104 Å². The van der Waals surface area contributed by atoms with Crippen molar-refractivity contribution >= 4 is 5.91 Å². The van der Waals surface area contributed by atoms with Crippen molar-refractivity contribution in [1.82, 2.24) is 10.2 Å². The number of amides is 1. The predicted octanol–water partition coefficient (Wildman–Crippen LogP) is 1.94. The number of likely N-dealkylation sites (N-methyl/N-ethyl adjacent to an activating group) is 1. The first-order valence-corrected chi connectivity index (χ1v) is 6.92. The van der Waals surface area contributed by atoms with Crippen LogP contribution in [0.3, 0.4) is 0 Å². The van der Waals surface area contributed by atoms with Gasteiger partial charge >= 0.3 is 0 Å². The summed E-state index contributed by atoms with van der Waals surface area (Å²) < 4.78 is 0. The lowest BCUT2D eigenvalue weighted by Crippen LogP contribution is -2.45. The molecule has 2 aliphatic rings. The number of fused-ring (bicyclic) bond motifs is 1. The van der Waals surface area contributed by atoms with Gasteiger partial charge in [-0.15, -0.1) is 6.58 Å². The van der Waals surface area contributed by atoms with Gasteiger partial charge in [0.15, 0.2) is 0 Å². The quantitative estimate of drug-likeness (QED) is 0.757. The van der Waals surface area contributed by atoms with Crippen LogP contribution in [0.4, 0.5) is 0 Å². The standard InChI is InChI=1S/C14H24N2O/c1-3-9-16(4-2)14(17)13-10-11-7-5-6-8-12(11)15-13/h3,11-13,15H,1,4-10H2,2H3. The van der Waals surface area contributed by atoms with E-state index < -0.39 is 0 Å². The Morgan fingerprint density at radius 2 is 2.24 bits per heavy atom. The van der Waals surface area contributed by atoms with Crippen molar-refractivity contribution in [3.05, 3.63) is 12.7 Å². The van der Waals surface area contributed by atoms with Crippen molar-refractivity contribution in [3.8, 4) is 0 Å². The molecule has 1 N–H and O–H groups in total. The summed E-state index contributed by atoms with van der Waals surface area (Å²) in [5.74, 6) is 1.00. The molecule has 0 bridgehead atoms. The highest BCUT2D eigenvalue weighted by Gasteiger charge is 2.39. The molecule has 2 fully saturated rings. The molecule has 1 amide bonds. The van der Waals surface area contributed by atoms with E-state index in [9.17, 15) is 4.79 Å². The highest BCUT2D eigenvalue weighted by molar-refractivity contribution is 5.82. The summed E-state index contributed by atoms with van der Waals surface area (Å²) in [6, 6.07) is 0.656. The molecule has 0 aromatic carbocycles. The van der Waals surface area contributed by atoms with Crippen molar-refractivity contribution in [3.63, 3.8) is 0 Å². The summed E-state index contributed by atoms with van der Waals surface area (Å²) in [6.45, 7) is 7.19. The monoisotopic (exact) mass is 236 g/mol. The van der Waals surface area contributed by atoms with Gasteiger partial charge in [0.05, 0.1) is 6.04 Å². The highest BCUT2D eigenvalue weighted by Crippen LogP contribution is 2.33. The van der Waals surface area contributed by atoms with Crippen molar-refractivity contribution < 1.29 is 4.79 Å². The number of carbonyl (C=O) groups is 1. The van der Waals surface area contributed by atoms with Crippen LogP contribution in [0.5, 0.6) is 0 Å². The second-order valence-corrected chi connectivity index (χ2v) is 5.27. The lowest BCUT2D eigenvalue weighted by Gasteiger charge is -2.24. The Morgan fingerprint density at radius 3 is 2.88 bits per heavy atom. The molecule has 1 aliphatic heterocycles. The van der Waals surface area contributed by atoms with Gasteiger partial charge in [0.2, 0.25) is 5.91 Å². The summed E-state index contributed by atoms with van der Waals surface area (Å²) in [6.07, 6.45) is 8.06. The molecule has 3 nitrogen and oxygen atoms in total. The van der Waals surface area contributed by atoms with E-state index in [2.05, 4.69) is 11.9 Å². The number of rotatable bonds is 4. The van der Waals surface area contributed by atoms with E-state index in [0.717, 1.165) is 18.9 Å². The first-order valence-electron chi connectivity index (χ1n) is 6.92.